The van der Waals surface area contributed by atoms with Crippen LogP contribution in [0.1, 0.15) is 5.56 Å². The highest BCUT2D eigenvalue weighted by Crippen LogP contribution is 2.34. The lowest BCUT2D eigenvalue weighted by Crippen LogP contribution is -2.26. The molecule has 0 unspecified atom stereocenters. The molecule has 0 fully saturated rings. The van der Waals surface area contributed by atoms with E-state index in [1.807, 2.05) is 0 Å². The highest BCUT2D eigenvalue weighted by atomic mass is 79.9. The minimum Gasteiger partial charge on any atom is -0.493 e. The third kappa shape index (κ3) is 5.62. The zero-order valence-electron chi connectivity index (χ0n) is 14.0. The number of carbonyl (C=O) groups excluding carboxylic acids is 1. The van der Waals surface area contributed by atoms with Crippen LogP contribution in [-0.2, 0) is 4.79 Å². The van der Waals surface area contributed by atoms with Gasteiger partial charge in [-0.3, -0.25) is 4.79 Å². The standard InChI is InChI=1S/C17H16Br2ClN3O3/c1-25-14-4-3-10(5-15(14)26-2)8-22-23-16(24)9-21-17-12(18)6-11(20)7-13(17)19/h3-8,21H,9H2,1-2H3,(H,23,24)/b22-8-. The minimum absolute atomic E-state index is 0.0438. The van der Waals surface area contributed by atoms with E-state index in [4.69, 9.17) is 21.1 Å². The molecule has 2 rings (SSSR count). The molecular formula is C17H16Br2ClN3O3. The number of halogens is 3. The van der Waals surface area contributed by atoms with E-state index in [0.29, 0.717) is 16.5 Å². The van der Waals surface area contributed by atoms with E-state index in [2.05, 4.69) is 47.7 Å². The van der Waals surface area contributed by atoms with Crippen LogP contribution in [0.3, 0.4) is 0 Å². The van der Waals surface area contributed by atoms with Crippen LogP contribution >= 0.6 is 43.5 Å². The largest absolute Gasteiger partial charge is 0.493 e. The molecule has 0 aliphatic rings. The van der Waals surface area contributed by atoms with Gasteiger partial charge in [0.2, 0.25) is 0 Å². The molecule has 0 radical (unpaired) electrons. The van der Waals surface area contributed by atoms with Gasteiger partial charge in [-0.1, -0.05) is 11.6 Å². The molecule has 26 heavy (non-hydrogen) atoms. The van der Waals surface area contributed by atoms with Crippen molar-refractivity contribution in [3.63, 3.8) is 0 Å². The predicted molar refractivity (Wildman–Crippen MR) is 111 cm³/mol. The number of amides is 1. The average Bonchev–Trinajstić information content (AvgIpc) is 2.60. The number of ether oxygens (including phenoxy) is 2. The Morgan fingerprint density at radius 1 is 1.15 bits per heavy atom. The number of nitrogens with one attached hydrogen (secondary N) is 2. The van der Waals surface area contributed by atoms with Crippen molar-refractivity contribution in [3.05, 3.63) is 49.9 Å². The van der Waals surface area contributed by atoms with Gasteiger partial charge in [0.25, 0.3) is 5.91 Å². The Hall–Kier alpha value is -1.77. The first kappa shape index (κ1) is 20.5. The summed E-state index contributed by atoms with van der Waals surface area (Å²) in [5.74, 6) is 0.911. The van der Waals surface area contributed by atoms with Crippen LogP contribution in [0.5, 0.6) is 11.5 Å². The van der Waals surface area contributed by atoms with E-state index in [1.54, 1.807) is 44.6 Å². The summed E-state index contributed by atoms with van der Waals surface area (Å²) in [7, 11) is 3.12. The van der Waals surface area contributed by atoms with Crippen molar-refractivity contribution < 1.29 is 14.3 Å². The molecule has 9 heteroatoms. The first-order valence-corrected chi connectivity index (χ1v) is 9.33. The Balaban J connectivity index is 1.92. The van der Waals surface area contributed by atoms with Crippen molar-refractivity contribution in [2.75, 3.05) is 26.1 Å². The lowest BCUT2D eigenvalue weighted by atomic mass is 10.2. The fraction of sp³-hybridized carbons (Fsp3) is 0.176. The molecule has 0 aliphatic carbocycles. The van der Waals surface area contributed by atoms with Crippen LogP contribution in [0.2, 0.25) is 5.02 Å². The number of nitrogens with zero attached hydrogens (tertiary/aromatic N) is 1. The lowest BCUT2D eigenvalue weighted by molar-refractivity contribution is -0.119. The summed E-state index contributed by atoms with van der Waals surface area (Å²) in [6.45, 7) is 0.0438. The fourth-order valence-electron chi connectivity index (χ4n) is 2.03. The number of hydrogen-bond acceptors (Lipinski definition) is 5. The highest BCUT2D eigenvalue weighted by molar-refractivity contribution is 9.11. The maximum Gasteiger partial charge on any atom is 0.259 e. The first-order valence-electron chi connectivity index (χ1n) is 7.37. The maximum absolute atomic E-state index is 11.9. The molecule has 138 valence electrons. The van der Waals surface area contributed by atoms with Crippen molar-refractivity contribution in [1.82, 2.24) is 5.43 Å². The molecule has 6 nitrogen and oxygen atoms in total. The molecule has 2 aromatic carbocycles. The second-order valence-electron chi connectivity index (χ2n) is 5.01. The topological polar surface area (TPSA) is 72.0 Å². The van der Waals surface area contributed by atoms with Crippen LogP contribution in [0.25, 0.3) is 0 Å². The minimum atomic E-state index is -0.296. The molecule has 0 saturated heterocycles. The summed E-state index contributed by atoms with van der Waals surface area (Å²) in [6, 6.07) is 8.80. The quantitative estimate of drug-likeness (QED) is 0.431. The van der Waals surface area contributed by atoms with Crippen LogP contribution < -0.4 is 20.2 Å². The van der Waals surface area contributed by atoms with E-state index in [9.17, 15) is 4.79 Å². The van der Waals surface area contributed by atoms with Crippen molar-refractivity contribution in [2.24, 2.45) is 5.10 Å². The summed E-state index contributed by atoms with van der Waals surface area (Å²) < 4.78 is 11.9. The summed E-state index contributed by atoms with van der Waals surface area (Å²) >= 11 is 12.7. The third-order valence-corrected chi connectivity index (χ3v) is 4.71. The number of benzene rings is 2. The molecule has 1 amide bonds. The number of hydrazone groups is 1. The zero-order valence-corrected chi connectivity index (χ0v) is 17.9. The average molecular weight is 506 g/mol. The molecule has 2 N–H and O–H groups in total. The van der Waals surface area contributed by atoms with Crippen molar-refractivity contribution in [2.45, 2.75) is 0 Å². The van der Waals surface area contributed by atoms with Crippen LogP contribution in [0, 0.1) is 0 Å². The van der Waals surface area contributed by atoms with Gasteiger partial charge in [-0.2, -0.15) is 5.10 Å². The van der Waals surface area contributed by atoms with Crippen LogP contribution in [-0.4, -0.2) is 32.9 Å². The van der Waals surface area contributed by atoms with Gasteiger partial charge >= 0.3 is 0 Å². The Bertz CT molecular complexity index is 808. The maximum atomic E-state index is 11.9. The first-order chi connectivity index (χ1) is 12.4. The van der Waals surface area contributed by atoms with Gasteiger partial charge in [0.15, 0.2) is 11.5 Å². The van der Waals surface area contributed by atoms with Gasteiger partial charge in [-0.05, 0) is 67.8 Å². The Kier molecular flexibility index (Phi) is 7.74. The highest BCUT2D eigenvalue weighted by Gasteiger charge is 2.08. The van der Waals surface area contributed by atoms with Crippen molar-refractivity contribution in [3.8, 4) is 11.5 Å². The molecule has 0 spiro atoms. The molecule has 0 aliphatic heterocycles. The van der Waals surface area contributed by atoms with Crippen LogP contribution in [0.15, 0.2) is 44.4 Å². The smallest absolute Gasteiger partial charge is 0.259 e. The van der Waals surface area contributed by atoms with E-state index < -0.39 is 0 Å². The Morgan fingerprint density at radius 3 is 2.42 bits per heavy atom. The summed E-state index contributed by atoms with van der Waals surface area (Å²) in [5, 5.41) is 7.54. The van der Waals surface area contributed by atoms with Gasteiger partial charge in [-0.15, -0.1) is 0 Å². The lowest BCUT2D eigenvalue weighted by Gasteiger charge is -2.10. The van der Waals surface area contributed by atoms with Gasteiger partial charge in [-0.25, -0.2) is 5.43 Å². The third-order valence-electron chi connectivity index (χ3n) is 3.24. The van der Waals surface area contributed by atoms with Gasteiger partial charge < -0.3 is 14.8 Å². The van der Waals surface area contributed by atoms with E-state index in [1.165, 1.54) is 6.21 Å². The number of methoxy groups -OCH3 is 2. The molecule has 0 saturated carbocycles. The fourth-order valence-corrected chi connectivity index (χ4v) is 3.98. The second kappa shape index (κ2) is 9.80. The summed E-state index contributed by atoms with van der Waals surface area (Å²) in [5.41, 5.74) is 3.95. The molecule has 0 bridgehead atoms. The van der Waals surface area contributed by atoms with Crippen molar-refractivity contribution in [1.29, 1.82) is 0 Å². The normalized spacial score (nSPS) is 10.7. The molecule has 0 aromatic heterocycles. The monoisotopic (exact) mass is 503 g/mol. The summed E-state index contributed by atoms with van der Waals surface area (Å²) in [6.07, 6.45) is 1.52. The van der Waals surface area contributed by atoms with E-state index in [-0.39, 0.29) is 12.5 Å². The Morgan fingerprint density at radius 2 is 1.81 bits per heavy atom. The van der Waals surface area contributed by atoms with Crippen molar-refractivity contribution >= 4 is 61.3 Å². The number of rotatable bonds is 7. The Labute approximate surface area is 173 Å². The van der Waals surface area contributed by atoms with Crippen LogP contribution in [0.4, 0.5) is 5.69 Å². The number of carbonyl (C=O) groups is 1. The molecule has 2 aromatic rings. The van der Waals surface area contributed by atoms with E-state index in [0.717, 1.165) is 20.2 Å². The van der Waals surface area contributed by atoms with Gasteiger partial charge in [0.1, 0.15) is 0 Å². The SMILES string of the molecule is COc1ccc(/C=N\NC(=O)CNc2c(Br)cc(Cl)cc2Br)cc1OC. The molecular weight excluding hydrogens is 489 g/mol. The predicted octanol–water partition coefficient (Wildman–Crippen LogP) is 4.44. The molecule has 0 heterocycles. The van der Waals surface area contributed by atoms with Gasteiger partial charge in [0, 0.05) is 14.0 Å². The zero-order chi connectivity index (χ0) is 19.1. The number of hydrogen-bond donors (Lipinski definition) is 2. The molecule has 0 atom stereocenters. The van der Waals surface area contributed by atoms with E-state index >= 15 is 0 Å². The van der Waals surface area contributed by atoms with Gasteiger partial charge in [0.05, 0.1) is 32.7 Å². The summed E-state index contributed by atoms with van der Waals surface area (Å²) in [4.78, 5) is 11.9. The second-order valence-corrected chi connectivity index (χ2v) is 7.15. The number of anilines is 1.